The molecule has 92 valence electrons. The molecule has 1 unspecified atom stereocenters. The highest BCUT2D eigenvalue weighted by molar-refractivity contribution is 7.75. The van der Waals surface area contributed by atoms with Crippen LogP contribution in [0.3, 0.4) is 0 Å². The number of aromatic nitrogens is 2. The maximum Gasteiger partial charge on any atom is 0.345 e. The molecule has 2 N–H and O–H groups in total. The van der Waals surface area contributed by atoms with Crippen LogP contribution in [0, 0.1) is 0 Å². The number of nitrogens with two attached hydrogens (primary N) is 1. The van der Waals surface area contributed by atoms with Gasteiger partial charge < -0.3 is 10.6 Å². The van der Waals surface area contributed by atoms with Crippen molar-refractivity contribution in [3.63, 3.8) is 0 Å². The number of amides is 2. The summed E-state index contributed by atoms with van der Waals surface area (Å²) in [5.41, 5.74) is 7.59. The van der Waals surface area contributed by atoms with E-state index in [1.54, 1.807) is 11.1 Å². The van der Waals surface area contributed by atoms with Gasteiger partial charge in [-0.3, -0.25) is 4.68 Å². The van der Waals surface area contributed by atoms with E-state index in [1.807, 2.05) is 4.68 Å². The van der Waals surface area contributed by atoms with Crippen LogP contribution < -0.4 is 5.73 Å². The lowest BCUT2D eigenvalue weighted by atomic mass is 10.1. The predicted octanol–water partition coefficient (Wildman–Crippen LogP) is -0.0895. The largest absolute Gasteiger partial charge is 0.345 e. The predicted molar refractivity (Wildman–Crippen MR) is 61.7 cm³/mol. The number of hydrogen-bond acceptors (Lipinski definition) is 5. The molecule has 1 atom stereocenters. The highest BCUT2D eigenvalue weighted by Crippen LogP contribution is 2.37. The second-order valence-corrected chi connectivity index (χ2v) is 4.31. The molecule has 3 rings (SSSR count). The second-order valence-electron chi connectivity index (χ2n) is 4.14. The molecule has 3 heterocycles. The van der Waals surface area contributed by atoms with E-state index in [4.69, 9.17) is 10.0 Å². The molecule has 2 amide bonds. The average Bonchev–Trinajstić information content (AvgIpc) is 2.83. The molecule has 1 aromatic rings. The molecule has 0 spiro atoms. The molecule has 1 aromatic heterocycles. The molecule has 2 aliphatic heterocycles. The zero-order chi connectivity index (χ0) is 12.0. The van der Waals surface area contributed by atoms with Gasteiger partial charge in [0.15, 0.2) is 0 Å². The Bertz CT molecular complexity index is 462. The van der Waals surface area contributed by atoms with Crippen molar-refractivity contribution in [1.82, 2.24) is 19.7 Å². The monoisotopic (exact) mass is 255 g/mol. The smallest absolute Gasteiger partial charge is 0.329 e. The normalized spacial score (nSPS) is 22.2. The summed E-state index contributed by atoms with van der Waals surface area (Å²) < 4.78 is 6.69. The van der Waals surface area contributed by atoms with Crippen molar-refractivity contribution in [3.05, 3.63) is 17.5 Å². The molecule has 17 heavy (non-hydrogen) atoms. The van der Waals surface area contributed by atoms with E-state index in [0.717, 1.165) is 11.3 Å². The second kappa shape index (κ2) is 3.90. The summed E-state index contributed by atoms with van der Waals surface area (Å²) in [5.74, 6) is 0. The van der Waals surface area contributed by atoms with Crippen LogP contribution in [-0.4, -0.2) is 38.9 Å². The minimum Gasteiger partial charge on any atom is -0.329 e. The first-order valence-corrected chi connectivity index (χ1v) is 5.77. The van der Waals surface area contributed by atoms with E-state index >= 15 is 0 Å². The minimum atomic E-state index is -0.152. The molecule has 1 fully saturated rings. The van der Waals surface area contributed by atoms with Crippen LogP contribution in [0.2, 0.25) is 0 Å². The topological polar surface area (TPSA) is 76.6 Å². The van der Waals surface area contributed by atoms with Crippen molar-refractivity contribution in [2.24, 2.45) is 5.73 Å². The van der Waals surface area contributed by atoms with Crippen molar-refractivity contribution in [1.29, 1.82) is 0 Å². The van der Waals surface area contributed by atoms with Crippen LogP contribution in [0.15, 0.2) is 6.20 Å². The van der Waals surface area contributed by atoms with Gasteiger partial charge in [-0.2, -0.15) is 10.2 Å². The molecule has 0 aromatic carbocycles. The van der Waals surface area contributed by atoms with Crippen LogP contribution >= 0.6 is 12.9 Å². The maximum atomic E-state index is 11.9. The third-order valence-electron chi connectivity index (χ3n) is 3.24. The van der Waals surface area contributed by atoms with Gasteiger partial charge >= 0.3 is 6.03 Å². The van der Waals surface area contributed by atoms with E-state index in [1.165, 1.54) is 5.06 Å². The fourth-order valence-corrected chi connectivity index (χ4v) is 2.64. The van der Waals surface area contributed by atoms with Crippen LogP contribution in [0.5, 0.6) is 0 Å². The van der Waals surface area contributed by atoms with Crippen LogP contribution in [-0.2, 0) is 17.4 Å². The van der Waals surface area contributed by atoms with E-state index < -0.39 is 0 Å². The summed E-state index contributed by atoms with van der Waals surface area (Å²) in [7, 11) is 0. The molecule has 0 saturated carbocycles. The molecule has 0 aliphatic carbocycles. The van der Waals surface area contributed by atoms with Gasteiger partial charge in [0.2, 0.25) is 0 Å². The summed E-state index contributed by atoms with van der Waals surface area (Å²) in [6.07, 6.45) is 1.78. The zero-order valence-corrected chi connectivity index (χ0v) is 10.0. The quantitative estimate of drug-likeness (QED) is 0.584. The Labute approximate surface area is 104 Å². The highest BCUT2D eigenvalue weighted by Gasteiger charge is 2.45. The Kier molecular flexibility index (Phi) is 2.49. The SMILES string of the molecule is NCCn1ncc2c1CN1CC2N(OS)C1=O. The summed E-state index contributed by atoms with van der Waals surface area (Å²) in [6, 6.07) is -0.268. The van der Waals surface area contributed by atoms with E-state index in [2.05, 4.69) is 18.0 Å². The van der Waals surface area contributed by atoms with Crippen LogP contribution in [0.25, 0.3) is 0 Å². The number of nitrogens with zero attached hydrogens (tertiary/aromatic N) is 4. The number of carbonyl (C=O) groups excluding carboxylic acids is 1. The first-order chi connectivity index (χ1) is 8.26. The molecule has 1 saturated heterocycles. The standard InChI is InChI=1S/C9H13N5O2S/c10-1-2-13-7-4-12-5-8(6(7)3-11-13)14(16-17)9(12)15/h3,8,17H,1-2,4-5,10H2. The lowest BCUT2D eigenvalue weighted by molar-refractivity contribution is -0.00366. The third-order valence-corrected chi connectivity index (χ3v) is 3.42. The van der Waals surface area contributed by atoms with Gasteiger partial charge in [0.05, 0.1) is 31.5 Å². The number of fused-ring (bicyclic) bond motifs is 4. The molecule has 0 radical (unpaired) electrons. The Morgan fingerprint density at radius 3 is 3.18 bits per heavy atom. The van der Waals surface area contributed by atoms with Gasteiger partial charge in [0.25, 0.3) is 0 Å². The number of carbonyl (C=O) groups is 1. The average molecular weight is 255 g/mol. The summed E-state index contributed by atoms with van der Waals surface area (Å²) in [6.45, 7) is 2.37. The van der Waals surface area contributed by atoms with Crippen LogP contribution in [0.1, 0.15) is 17.3 Å². The van der Waals surface area contributed by atoms with Gasteiger partial charge in [-0.1, -0.05) is 0 Å². The Balaban J connectivity index is 2.00. The highest BCUT2D eigenvalue weighted by atomic mass is 32.1. The fraction of sp³-hybridized carbons (Fsp3) is 0.556. The fourth-order valence-electron chi connectivity index (χ4n) is 2.45. The third kappa shape index (κ3) is 1.44. The minimum absolute atomic E-state index is 0.115. The van der Waals surface area contributed by atoms with Gasteiger partial charge in [0.1, 0.15) is 6.04 Å². The number of hydroxylamine groups is 2. The van der Waals surface area contributed by atoms with E-state index in [9.17, 15) is 4.79 Å². The van der Waals surface area contributed by atoms with Gasteiger partial charge in [-0.15, -0.1) is 0 Å². The molecule has 7 nitrogen and oxygen atoms in total. The molecule has 8 heteroatoms. The lowest BCUT2D eigenvalue weighted by Gasteiger charge is -2.22. The van der Waals surface area contributed by atoms with E-state index in [0.29, 0.717) is 26.2 Å². The van der Waals surface area contributed by atoms with E-state index in [-0.39, 0.29) is 12.1 Å². The maximum absolute atomic E-state index is 11.9. The van der Waals surface area contributed by atoms with Crippen LogP contribution in [0.4, 0.5) is 4.79 Å². The molecule has 2 bridgehead atoms. The lowest BCUT2D eigenvalue weighted by Crippen LogP contribution is -2.30. The van der Waals surface area contributed by atoms with Crippen molar-refractivity contribution in [2.45, 2.75) is 19.1 Å². The summed E-state index contributed by atoms with van der Waals surface area (Å²) in [5, 5.41) is 5.57. The Morgan fingerprint density at radius 1 is 1.65 bits per heavy atom. The van der Waals surface area contributed by atoms with Gasteiger partial charge in [-0.05, 0) is 0 Å². The van der Waals surface area contributed by atoms with Gasteiger partial charge in [-0.25, -0.2) is 9.08 Å². The van der Waals surface area contributed by atoms with Crippen molar-refractivity contribution in [3.8, 4) is 0 Å². The summed E-state index contributed by atoms with van der Waals surface area (Å²) >= 11 is 3.73. The molecular formula is C9H13N5O2S. The molecule has 2 aliphatic rings. The Hall–Kier alpha value is -1.25. The number of rotatable bonds is 3. The first-order valence-electron chi connectivity index (χ1n) is 5.40. The molecular weight excluding hydrogens is 242 g/mol. The van der Waals surface area contributed by atoms with Crippen molar-refractivity contribution in [2.75, 3.05) is 13.1 Å². The van der Waals surface area contributed by atoms with Crippen molar-refractivity contribution < 1.29 is 9.08 Å². The Morgan fingerprint density at radius 2 is 2.47 bits per heavy atom. The van der Waals surface area contributed by atoms with Crippen molar-refractivity contribution >= 4 is 18.9 Å². The van der Waals surface area contributed by atoms with Gasteiger partial charge in [0, 0.05) is 25.0 Å². The number of urea groups is 1. The first kappa shape index (κ1) is 10.9. The number of thiol groups is 1. The summed E-state index contributed by atoms with van der Waals surface area (Å²) in [4.78, 5) is 13.6. The zero-order valence-electron chi connectivity index (χ0n) is 9.11. The number of hydrogen-bond donors (Lipinski definition) is 2.